The van der Waals surface area contributed by atoms with Crippen molar-refractivity contribution in [1.82, 2.24) is 4.98 Å². The first-order valence-corrected chi connectivity index (χ1v) is 12.7. The molecule has 7 aromatic rings. The van der Waals surface area contributed by atoms with Crippen LogP contribution in [0.1, 0.15) is 0 Å². The molecule has 196 valence electrons. The predicted molar refractivity (Wildman–Crippen MR) is 156 cm³/mol. The first-order valence-electron chi connectivity index (χ1n) is 12.7. The zero-order valence-corrected chi connectivity index (χ0v) is 23.3. The van der Waals surface area contributed by atoms with Crippen LogP contribution in [0.15, 0.2) is 120 Å². The molecule has 6 heteroatoms. The number of rotatable bonds is 4. The molecule has 0 atom stereocenters. The number of pyridine rings is 1. The van der Waals surface area contributed by atoms with Crippen LogP contribution < -0.4 is 14.5 Å². The molecule has 0 fully saturated rings. The number of nitrogens with zero attached hydrogens (tertiary/aromatic N) is 3. The predicted octanol–water partition coefficient (Wildman–Crippen LogP) is 8.59. The maximum atomic E-state index is 6.24. The fraction of sp³-hybridized carbons (Fsp3) is 0. The monoisotopic (exact) mass is 697 g/mol. The van der Waals surface area contributed by atoms with E-state index in [1.807, 2.05) is 90.7 Å². The van der Waals surface area contributed by atoms with E-state index in [0.29, 0.717) is 17.2 Å². The molecule has 40 heavy (non-hydrogen) atoms. The van der Waals surface area contributed by atoms with E-state index < -0.39 is 0 Å². The summed E-state index contributed by atoms with van der Waals surface area (Å²) in [6, 6.07) is 41.2. The Bertz CT molecular complexity index is 2050. The number of ether oxygens (including phenoxy) is 1. The van der Waals surface area contributed by atoms with E-state index in [0.717, 1.165) is 49.4 Å². The maximum absolute atomic E-state index is 6.24. The fourth-order valence-corrected chi connectivity index (χ4v) is 5.07. The Kier molecular flexibility index (Phi) is 6.02. The molecule has 0 spiro atoms. The largest absolute Gasteiger partial charge is 0.503 e. The quantitative estimate of drug-likeness (QED) is 0.136. The summed E-state index contributed by atoms with van der Waals surface area (Å²) in [7, 11) is 0. The van der Waals surface area contributed by atoms with Crippen molar-refractivity contribution < 1.29 is 30.2 Å². The Morgan fingerprint density at radius 3 is 2.40 bits per heavy atom. The van der Waals surface area contributed by atoms with Crippen LogP contribution in [0.4, 0.5) is 11.4 Å². The zero-order chi connectivity index (χ0) is 25.8. The van der Waals surface area contributed by atoms with Crippen molar-refractivity contribution in [3.05, 3.63) is 134 Å². The van der Waals surface area contributed by atoms with Gasteiger partial charge in [0.2, 0.25) is 5.71 Å². The molecule has 8 rings (SSSR count). The number of anilines is 2. The minimum Gasteiger partial charge on any atom is -0.503 e. The second kappa shape index (κ2) is 9.85. The van der Waals surface area contributed by atoms with Gasteiger partial charge in [-0.2, -0.15) is 6.07 Å². The van der Waals surface area contributed by atoms with Crippen LogP contribution in [-0.4, -0.2) is 4.98 Å². The van der Waals surface area contributed by atoms with E-state index in [-0.39, 0.29) is 21.1 Å². The van der Waals surface area contributed by atoms with Gasteiger partial charge in [0.25, 0.3) is 0 Å². The summed E-state index contributed by atoms with van der Waals surface area (Å²) >= 11 is 0. The van der Waals surface area contributed by atoms with Crippen LogP contribution in [0.25, 0.3) is 43.7 Å². The molecule has 0 N–H and O–H groups in total. The minimum atomic E-state index is 0. The van der Waals surface area contributed by atoms with E-state index in [2.05, 4.69) is 53.4 Å². The summed E-state index contributed by atoms with van der Waals surface area (Å²) in [6.07, 6.45) is 4.02. The second-order valence-electron chi connectivity index (χ2n) is 9.43. The van der Waals surface area contributed by atoms with E-state index in [9.17, 15) is 0 Å². The van der Waals surface area contributed by atoms with Gasteiger partial charge in [0, 0.05) is 49.0 Å². The molecular weight excluding hydrogens is 677 g/mol. The second-order valence-corrected chi connectivity index (χ2v) is 9.43. The number of para-hydroxylation sites is 2. The maximum Gasteiger partial charge on any atom is 0.218 e. The van der Waals surface area contributed by atoms with Crippen LogP contribution in [0.5, 0.6) is 11.5 Å². The van der Waals surface area contributed by atoms with Gasteiger partial charge in [-0.05, 0) is 47.6 Å². The number of aromatic nitrogens is 1. The fourth-order valence-electron chi connectivity index (χ4n) is 5.07. The van der Waals surface area contributed by atoms with Crippen LogP contribution in [0.3, 0.4) is 0 Å². The summed E-state index contributed by atoms with van der Waals surface area (Å²) in [5.74, 6) is 1.21. The molecule has 0 radical (unpaired) electrons. The van der Waals surface area contributed by atoms with Crippen molar-refractivity contribution in [1.29, 1.82) is 0 Å². The van der Waals surface area contributed by atoms with Gasteiger partial charge in [-0.3, -0.25) is 4.98 Å². The van der Waals surface area contributed by atoms with E-state index in [1.165, 1.54) is 0 Å². The zero-order valence-electron chi connectivity index (χ0n) is 21.0. The first kappa shape index (κ1) is 24.4. The molecule has 1 aliphatic heterocycles. The summed E-state index contributed by atoms with van der Waals surface area (Å²) in [4.78, 5) is 8.98. The van der Waals surface area contributed by atoms with Gasteiger partial charge in [0.05, 0.1) is 0 Å². The van der Waals surface area contributed by atoms with Crippen LogP contribution in [0.2, 0.25) is 0 Å². The Labute approximate surface area is 245 Å². The van der Waals surface area contributed by atoms with Crippen LogP contribution in [-0.2, 0) is 21.1 Å². The normalized spacial score (nSPS) is 13.0. The van der Waals surface area contributed by atoms with Crippen molar-refractivity contribution in [3.8, 4) is 11.5 Å². The smallest absolute Gasteiger partial charge is 0.218 e. The van der Waals surface area contributed by atoms with Gasteiger partial charge < -0.3 is 19.0 Å². The molecule has 0 unspecified atom stereocenters. The number of hydrogen-bond acceptors (Lipinski definition) is 5. The molecule has 1 aliphatic rings. The minimum absolute atomic E-state index is 0. The van der Waals surface area contributed by atoms with E-state index in [1.54, 1.807) is 0 Å². The topological polar surface area (TPSA) is 41.7 Å². The van der Waals surface area contributed by atoms with Gasteiger partial charge in [-0.15, -0.1) is 53.5 Å². The molecule has 0 amide bonds. The molecule has 5 nitrogen and oxygen atoms in total. The molecule has 5 aromatic carbocycles. The van der Waals surface area contributed by atoms with Gasteiger partial charge >= 0.3 is 0 Å². The number of fused-ring (bicyclic) bond motifs is 6. The van der Waals surface area contributed by atoms with Gasteiger partial charge in [0.1, 0.15) is 5.58 Å². The van der Waals surface area contributed by atoms with Crippen molar-refractivity contribution in [2.45, 2.75) is 0 Å². The third kappa shape index (κ3) is 4.20. The first-order chi connectivity index (χ1) is 19.3. The van der Waals surface area contributed by atoms with Crippen LogP contribution in [0, 0.1) is 18.8 Å². The van der Waals surface area contributed by atoms with E-state index >= 15 is 0 Å². The summed E-state index contributed by atoms with van der Waals surface area (Å²) in [5.41, 5.74) is 4.26. The third-order valence-corrected chi connectivity index (χ3v) is 6.97. The average Bonchev–Trinajstić information content (AvgIpc) is 3.62. The van der Waals surface area contributed by atoms with Gasteiger partial charge in [-0.25, -0.2) is 0 Å². The van der Waals surface area contributed by atoms with Gasteiger partial charge in [0.15, 0.2) is 0 Å². The Morgan fingerprint density at radius 2 is 1.48 bits per heavy atom. The molecular formula is C34H20N3O2Pt-3. The Morgan fingerprint density at radius 1 is 0.700 bits per heavy atom. The van der Waals surface area contributed by atoms with Gasteiger partial charge in [-0.1, -0.05) is 54.6 Å². The SMILES string of the molecule is [Pt].[c-]1c(Oc2[c-]c3c(cc2)ccc2cc4c(nc23)oc2ccccc24)cccc1N1C=CN(c2ccccc2)[CH-]1. The standard InChI is InChI=1S/C34H20N3O2.Pt/c1-2-7-25(8-3-1)36-17-18-37(22-36)26-9-6-10-27(20-26)38-28-16-15-23-13-14-24-19-31-29-11-4-5-12-32(29)39-34(31)35-33(24)30(23)21-28;/h1-19,22H;/q-3;. The molecule has 0 saturated carbocycles. The molecule has 0 saturated heterocycles. The Hall–Kier alpha value is -4.60. The number of hydrogen-bond donors (Lipinski definition) is 0. The summed E-state index contributed by atoms with van der Waals surface area (Å²) < 4.78 is 12.3. The Balaban J connectivity index is 0.00000264. The number of furan rings is 1. The third-order valence-electron chi connectivity index (χ3n) is 6.97. The van der Waals surface area contributed by atoms with E-state index in [4.69, 9.17) is 14.1 Å². The number of benzene rings is 5. The molecule has 0 aliphatic carbocycles. The molecule has 3 heterocycles. The molecule has 2 aromatic heterocycles. The summed E-state index contributed by atoms with van der Waals surface area (Å²) in [6.45, 7) is 2.02. The summed E-state index contributed by atoms with van der Waals surface area (Å²) in [5, 5.41) is 5.03. The van der Waals surface area contributed by atoms with Crippen molar-refractivity contribution >= 4 is 55.1 Å². The van der Waals surface area contributed by atoms with Crippen LogP contribution >= 0.6 is 0 Å². The van der Waals surface area contributed by atoms with Crippen molar-refractivity contribution in [2.75, 3.05) is 9.80 Å². The van der Waals surface area contributed by atoms with Crippen molar-refractivity contribution in [3.63, 3.8) is 0 Å². The molecule has 0 bridgehead atoms. The van der Waals surface area contributed by atoms with Crippen molar-refractivity contribution in [2.24, 2.45) is 0 Å². The average molecular weight is 698 g/mol.